The van der Waals surface area contributed by atoms with Gasteiger partial charge in [0, 0.05) is 18.5 Å². The molecule has 20 heavy (non-hydrogen) atoms. The molecule has 0 aromatic heterocycles. The number of ether oxygens (including phenoxy) is 1. The van der Waals surface area contributed by atoms with E-state index in [9.17, 15) is 9.90 Å². The average Bonchev–Trinajstić information content (AvgIpc) is 3.14. The maximum atomic E-state index is 12.3. The molecule has 1 amide bonds. The lowest BCUT2D eigenvalue weighted by Gasteiger charge is -2.37. The largest absolute Gasteiger partial charge is 0.393 e. The van der Waals surface area contributed by atoms with Gasteiger partial charge in [-0.1, -0.05) is 12.8 Å². The Morgan fingerprint density at radius 3 is 2.65 bits per heavy atom. The van der Waals surface area contributed by atoms with Crippen molar-refractivity contribution < 1.29 is 14.6 Å². The zero-order valence-corrected chi connectivity index (χ0v) is 12.3. The third-order valence-corrected chi connectivity index (χ3v) is 5.17. The molecule has 1 N–H and O–H groups in total. The predicted molar refractivity (Wildman–Crippen MR) is 76.2 cm³/mol. The molecule has 1 aliphatic heterocycles. The summed E-state index contributed by atoms with van der Waals surface area (Å²) in [6, 6.07) is 0.252. The zero-order valence-electron chi connectivity index (χ0n) is 12.3. The molecule has 2 saturated carbocycles. The summed E-state index contributed by atoms with van der Waals surface area (Å²) in [6.07, 6.45) is 8.72. The maximum absolute atomic E-state index is 12.3. The smallest absolute Gasteiger partial charge is 0.248 e. The summed E-state index contributed by atoms with van der Waals surface area (Å²) in [6.45, 7) is 1.83. The van der Waals surface area contributed by atoms with Gasteiger partial charge in [0.25, 0.3) is 0 Å². The van der Waals surface area contributed by atoms with Crippen molar-refractivity contribution in [2.45, 2.75) is 63.5 Å². The molecule has 3 aliphatic rings. The summed E-state index contributed by atoms with van der Waals surface area (Å²) in [5.41, 5.74) is 0. The third-order valence-electron chi connectivity index (χ3n) is 5.17. The fourth-order valence-electron chi connectivity index (χ4n) is 3.82. The number of nitrogens with zero attached hydrogens (tertiary/aromatic N) is 1. The van der Waals surface area contributed by atoms with Gasteiger partial charge in [0.2, 0.25) is 5.91 Å². The van der Waals surface area contributed by atoms with E-state index in [1.165, 1.54) is 19.3 Å². The van der Waals surface area contributed by atoms with Crippen molar-refractivity contribution in [3.63, 3.8) is 0 Å². The Balaban J connectivity index is 1.52. The average molecular weight is 281 g/mol. The molecule has 4 heteroatoms. The standard InChI is InChI=1S/C16H27NO3/c18-15-6-2-1-4-13(15)14-5-3-9-17(14)16(19)11-20-10-12-7-8-12/h12-15,18H,1-11H2. The fourth-order valence-corrected chi connectivity index (χ4v) is 3.82. The molecule has 3 atom stereocenters. The Morgan fingerprint density at radius 1 is 1.10 bits per heavy atom. The van der Waals surface area contributed by atoms with Crippen molar-refractivity contribution in [1.29, 1.82) is 0 Å². The van der Waals surface area contributed by atoms with Crippen LogP contribution in [0.4, 0.5) is 0 Å². The number of likely N-dealkylation sites (tertiary alicyclic amines) is 1. The first-order valence-corrected chi connectivity index (χ1v) is 8.31. The normalized spacial score (nSPS) is 34.5. The van der Waals surface area contributed by atoms with Crippen LogP contribution in [0, 0.1) is 11.8 Å². The van der Waals surface area contributed by atoms with Crippen LogP contribution in [0.2, 0.25) is 0 Å². The minimum atomic E-state index is -0.213. The van der Waals surface area contributed by atoms with Gasteiger partial charge in [0.05, 0.1) is 12.7 Å². The predicted octanol–water partition coefficient (Wildman–Crippen LogP) is 1.96. The van der Waals surface area contributed by atoms with Crippen LogP contribution in [0.1, 0.15) is 51.4 Å². The molecule has 1 heterocycles. The van der Waals surface area contributed by atoms with Crippen molar-refractivity contribution in [1.82, 2.24) is 4.90 Å². The molecule has 0 spiro atoms. The fraction of sp³-hybridized carbons (Fsp3) is 0.938. The highest BCUT2D eigenvalue weighted by molar-refractivity contribution is 5.78. The van der Waals surface area contributed by atoms with Crippen LogP contribution >= 0.6 is 0 Å². The van der Waals surface area contributed by atoms with E-state index in [0.29, 0.717) is 11.8 Å². The minimum Gasteiger partial charge on any atom is -0.393 e. The van der Waals surface area contributed by atoms with Gasteiger partial charge in [0.1, 0.15) is 6.61 Å². The molecule has 0 bridgehead atoms. The second kappa shape index (κ2) is 6.44. The molecule has 0 aromatic rings. The summed E-state index contributed by atoms with van der Waals surface area (Å²) >= 11 is 0. The van der Waals surface area contributed by atoms with E-state index in [4.69, 9.17) is 4.74 Å². The molecule has 4 nitrogen and oxygen atoms in total. The molecule has 2 aliphatic carbocycles. The van der Waals surface area contributed by atoms with Crippen molar-refractivity contribution in [2.75, 3.05) is 19.8 Å². The third kappa shape index (κ3) is 3.34. The quantitative estimate of drug-likeness (QED) is 0.838. The number of carbonyl (C=O) groups excluding carboxylic acids is 1. The van der Waals surface area contributed by atoms with E-state index in [1.54, 1.807) is 0 Å². The number of hydrogen-bond donors (Lipinski definition) is 1. The second-order valence-electron chi connectivity index (χ2n) is 6.77. The zero-order chi connectivity index (χ0) is 13.9. The lowest BCUT2D eigenvalue weighted by atomic mass is 9.80. The van der Waals surface area contributed by atoms with Gasteiger partial charge in [-0.05, 0) is 44.4 Å². The SMILES string of the molecule is O=C(COCC1CC1)N1CCCC1C1CCCCC1O. The van der Waals surface area contributed by atoms with Crippen LogP contribution in [0.15, 0.2) is 0 Å². The topological polar surface area (TPSA) is 49.8 Å². The lowest BCUT2D eigenvalue weighted by Crippen LogP contribution is -2.46. The van der Waals surface area contributed by atoms with Gasteiger partial charge in [-0.2, -0.15) is 0 Å². The van der Waals surface area contributed by atoms with Gasteiger partial charge in [-0.15, -0.1) is 0 Å². The Hall–Kier alpha value is -0.610. The van der Waals surface area contributed by atoms with Gasteiger partial charge in [-0.25, -0.2) is 0 Å². The number of aliphatic hydroxyl groups excluding tert-OH is 1. The van der Waals surface area contributed by atoms with E-state index in [0.717, 1.165) is 45.3 Å². The van der Waals surface area contributed by atoms with Crippen LogP contribution in [0.25, 0.3) is 0 Å². The summed E-state index contributed by atoms with van der Waals surface area (Å²) in [5, 5.41) is 10.2. The Bertz CT molecular complexity index is 343. The monoisotopic (exact) mass is 281 g/mol. The minimum absolute atomic E-state index is 0.130. The van der Waals surface area contributed by atoms with Gasteiger partial charge < -0.3 is 14.7 Å². The summed E-state index contributed by atoms with van der Waals surface area (Å²) in [5.74, 6) is 1.13. The second-order valence-corrected chi connectivity index (χ2v) is 6.77. The summed E-state index contributed by atoms with van der Waals surface area (Å²) in [4.78, 5) is 14.3. The van der Waals surface area contributed by atoms with Crippen molar-refractivity contribution >= 4 is 5.91 Å². The van der Waals surface area contributed by atoms with Gasteiger partial charge in [-0.3, -0.25) is 4.79 Å². The Labute approximate surface area is 121 Å². The van der Waals surface area contributed by atoms with E-state index >= 15 is 0 Å². The first-order chi connectivity index (χ1) is 9.75. The Kier molecular flexibility index (Phi) is 4.61. The van der Waals surface area contributed by atoms with Crippen molar-refractivity contribution in [3.05, 3.63) is 0 Å². The highest BCUT2D eigenvalue weighted by Crippen LogP contribution is 2.34. The Morgan fingerprint density at radius 2 is 1.90 bits per heavy atom. The highest BCUT2D eigenvalue weighted by atomic mass is 16.5. The first-order valence-electron chi connectivity index (χ1n) is 8.31. The van der Waals surface area contributed by atoms with Crippen LogP contribution < -0.4 is 0 Å². The lowest BCUT2D eigenvalue weighted by molar-refractivity contribution is -0.139. The molecular weight excluding hydrogens is 254 g/mol. The van der Waals surface area contributed by atoms with E-state index in [2.05, 4.69) is 0 Å². The summed E-state index contributed by atoms with van der Waals surface area (Å²) in [7, 11) is 0. The molecule has 3 unspecified atom stereocenters. The number of carbonyl (C=O) groups is 1. The maximum Gasteiger partial charge on any atom is 0.248 e. The van der Waals surface area contributed by atoms with Crippen LogP contribution in [0.3, 0.4) is 0 Å². The van der Waals surface area contributed by atoms with Crippen LogP contribution in [-0.4, -0.2) is 47.8 Å². The molecule has 3 rings (SSSR count). The number of amides is 1. The number of hydrogen-bond acceptors (Lipinski definition) is 3. The molecule has 0 radical (unpaired) electrons. The number of rotatable bonds is 5. The van der Waals surface area contributed by atoms with E-state index < -0.39 is 0 Å². The molecular formula is C16H27NO3. The van der Waals surface area contributed by atoms with Crippen molar-refractivity contribution in [3.8, 4) is 0 Å². The summed E-state index contributed by atoms with van der Waals surface area (Å²) < 4.78 is 5.54. The molecule has 114 valence electrons. The van der Waals surface area contributed by atoms with Crippen molar-refractivity contribution in [2.24, 2.45) is 11.8 Å². The van der Waals surface area contributed by atoms with Gasteiger partial charge in [0.15, 0.2) is 0 Å². The highest BCUT2D eigenvalue weighted by Gasteiger charge is 2.38. The van der Waals surface area contributed by atoms with E-state index in [1.807, 2.05) is 4.90 Å². The molecule has 0 aromatic carbocycles. The van der Waals surface area contributed by atoms with Crippen LogP contribution in [-0.2, 0) is 9.53 Å². The van der Waals surface area contributed by atoms with E-state index in [-0.39, 0.29) is 24.7 Å². The molecule has 1 saturated heterocycles. The molecule has 3 fully saturated rings. The van der Waals surface area contributed by atoms with Crippen LogP contribution in [0.5, 0.6) is 0 Å². The van der Waals surface area contributed by atoms with Gasteiger partial charge >= 0.3 is 0 Å². The number of aliphatic hydroxyl groups is 1. The first kappa shape index (κ1) is 14.3.